The van der Waals surface area contributed by atoms with E-state index in [1.807, 2.05) is 56.3 Å². The molecule has 0 heterocycles. The van der Waals surface area contributed by atoms with Gasteiger partial charge in [0.15, 0.2) is 0 Å². The molecule has 0 aliphatic heterocycles. The van der Waals surface area contributed by atoms with E-state index in [-0.39, 0.29) is 23.3 Å². The van der Waals surface area contributed by atoms with Crippen molar-refractivity contribution in [3.05, 3.63) is 59.2 Å². The highest BCUT2D eigenvalue weighted by molar-refractivity contribution is 8.00. The molecule has 2 rings (SSSR count). The van der Waals surface area contributed by atoms with Gasteiger partial charge in [-0.05, 0) is 49.6 Å². The quantitative estimate of drug-likeness (QED) is 0.782. The van der Waals surface area contributed by atoms with Crippen LogP contribution in [0.3, 0.4) is 0 Å². The third-order valence-electron chi connectivity index (χ3n) is 3.77. The van der Waals surface area contributed by atoms with Crippen molar-refractivity contribution in [1.29, 1.82) is 0 Å². The zero-order chi connectivity index (χ0) is 18.2. The van der Waals surface area contributed by atoms with Crippen LogP contribution >= 0.6 is 11.8 Å². The van der Waals surface area contributed by atoms with E-state index >= 15 is 0 Å². The van der Waals surface area contributed by atoms with Gasteiger partial charge in [0.05, 0.1) is 11.5 Å². The number of amides is 2. The van der Waals surface area contributed by atoms with E-state index in [1.54, 1.807) is 0 Å². The molecule has 5 heteroatoms. The molecule has 0 saturated heterocycles. The maximum atomic E-state index is 12.0. The van der Waals surface area contributed by atoms with Crippen molar-refractivity contribution in [1.82, 2.24) is 0 Å². The van der Waals surface area contributed by atoms with Crippen LogP contribution in [-0.2, 0) is 16.0 Å². The van der Waals surface area contributed by atoms with Crippen LogP contribution in [-0.4, -0.2) is 23.3 Å². The van der Waals surface area contributed by atoms with Crippen molar-refractivity contribution in [3.8, 4) is 0 Å². The molecule has 4 nitrogen and oxygen atoms in total. The molecule has 0 unspecified atom stereocenters. The lowest BCUT2D eigenvalue weighted by Gasteiger charge is -2.09. The fraction of sp³-hybridized carbons (Fsp3) is 0.300. The van der Waals surface area contributed by atoms with Crippen LogP contribution in [0.5, 0.6) is 0 Å². The van der Waals surface area contributed by atoms with Crippen LogP contribution < -0.4 is 10.6 Å². The highest BCUT2D eigenvalue weighted by atomic mass is 32.2. The highest BCUT2D eigenvalue weighted by Gasteiger charge is 2.08. The van der Waals surface area contributed by atoms with E-state index in [2.05, 4.69) is 17.6 Å². The van der Waals surface area contributed by atoms with E-state index in [0.29, 0.717) is 0 Å². The van der Waals surface area contributed by atoms with E-state index in [4.69, 9.17) is 0 Å². The highest BCUT2D eigenvalue weighted by Crippen LogP contribution is 2.16. The fourth-order valence-corrected chi connectivity index (χ4v) is 3.01. The van der Waals surface area contributed by atoms with Crippen LogP contribution in [0.4, 0.5) is 11.4 Å². The minimum absolute atomic E-state index is 0.1000. The van der Waals surface area contributed by atoms with Gasteiger partial charge in [-0.1, -0.05) is 36.8 Å². The molecule has 132 valence electrons. The number of anilines is 2. The molecule has 0 aromatic heterocycles. The van der Waals surface area contributed by atoms with E-state index < -0.39 is 0 Å². The third kappa shape index (κ3) is 6.27. The maximum absolute atomic E-state index is 12.0. The Hall–Kier alpha value is -2.27. The van der Waals surface area contributed by atoms with Crippen molar-refractivity contribution in [2.75, 3.05) is 22.1 Å². The van der Waals surface area contributed by atoms with Crippen molar-refractivity contribution >= 4 is 35.0 Å². The van der Waals surface area contributed by atoms with Gasteiger partial charge in [-0.3, -0.25) is 9.59 Å². The summed E-state index contributed by atoms with van der Waals surface area (Å²) in [6.45, 7) is 6.07. The molecule has 0 atom stereocenters. The molecule has 0 radical (unpaired) electrons. The first-order valence-corrected chi connectivity index (χ1v) is 9.47. The van der Waals surface area contributed by atoms with Crippen molar-refractivity contribution in [2.24, 2.45) is 0 Å². The maximum Gasteiger partial charge on any atom is 0.234 e. The fourth-order valence-electron chi connectivity index (χ4n) is 2.40. The predicted octanol–water partition coefficient (Wildman–Crippen LogP) is 4.18. The zero-order valence-electron chi connectivity index (χ0n) is 14.9. The average Bonchev–Trinajstić information content (AvgIpc) is 2.58. The SMILES string of the molecule is CCc1ccc(NC(=O)CSCC(=O)Nc2ccc(C)cc2C)cc1. The Morgan fingerprint density at radius 3 is 2.16 bits per heavy atom. The Morgan fingerprint density at radius 1 is 0.920 bits per heavy atom. The van der Waals surface area contributed by atoms with Gasteiger partial charge in [-0.15, -0.1) is 11.8 Å². The minimum atomic E-state index is -0.103. The third-order valence-corrected chi connectivity index (χ3v) is 4.70. The average molecular weight is 356 g/mol. The molecule has 2 amide bonds. The van der Waals surface area contributed by atoms with Gasteiger partial charge in [0, 0.05) is 11.4 Å². The van der Waals surface area contributed by atoms with Gasteiger partial charge in [-0.25, -0.2) is 0 Å². The predicted molar refractivity (Wildman–Crippen MR) is 106 cm³/mol. The van der Waals surface area contributed by atoms with Gasteiger partial charge in [0.1, 0.15) is 0 Å². The summed E-state index contributed by atoms with van der Waals surface area (Å²) in [4.78, 5) is 23.9. The Labute approximate surface area is 153 Å². The van der Waals surface area contributed by atoms with E-state index in [0.717, 1.165) is 28.9 Å². The standard InChI is InChI=1S/C20H24N2O2S/c1-4-16-6-8-17(9-7-16)21-19(23)12-25-13-20(24)22-18-10-5-14(2)11-15(18)3/h5-11H,4,12-13H2,1-3H3,(H,21,23)(H,22,24). The lowest BCUT2D eigenvalue weighted by atomic mass is 10.1. The summed E-state index contributed by atoms with van der Waals surface area (Å²) in [6, 6.07) is 13.7. The number of carbonyl (C=O) groups excluding carboxylic acids is 2. The number of aryl methyl sites for hydroxylation is 3. The molecule has 25 heavy (non-hydrogen) atoms. The Bertz CT molecular complexity index is 742. The van der Waals surface area contributed by atoms with Gasteiger partial charge >= 0.3 is 0 Å². The Kier molecular flexibility index (Phi) is 7.07. The number of carbonyl (C=O) groups is 2. The second kappa shape index (κ2) is 9.28. The molecule has 2 N–H and O–H groups in total. The van der Waals surface area contributed by atoms with Crippen LogP contribution in [0.15, 0.2) is 42.5 Å². The summed E-state index contributed by atoms with van der Waals surface area (Å²) in [7, 11) is 0. The normalized spacial score (nSPS) is 10.4. The number of benzene rings is 2. The molecule has 2 aromatic carbocycles. The first-order chi connectivity index (χ1) is 12.0. The van der Waals surface area contributed by atoms with Crippen LogP contribution in [0.2, 0.25) is 0 Å². The summed E-state index contributed by atoms with van der Waals surface area (Å²) >= 11 is 1.30. The molecular formula is C20H24N2O2S. The Balaban J connectivity index is 1.73. The molecule has 0 bridgehead atoms. The molecule has 2 aromatic rings. The zero-order valence-corrected chi connectivity index (χ0v) is 15.7. The molecule has 0 fully saturated rings. The molecule has 0 aliphatic rings. The number of rotatable bonds is 7. The lowest BCUT2D eigenvalue weighted by Crippen LogP contribution is -2.18. The summed E-state index contributed by atoms with van der Waals surface area (Å²) in [5, 5.41) is 5.72. The van der Waals surface area contributed by atoms with Gasteiger partial charge < -0.3 is 10.6 Å². The second-order valence-electron chi connectivity index (χ2n) is 5.96. The number of hydrogen-bond donors (Lipinski definition) is 2. The molecular weight excluding hydrogens is 332 g/mol. The molecule has 0 saturated carbocycles. The van der Waals surface area contributed by atoms with Crippen LogP contribution in [0.1, 0.15) is 23.6 Å². The molecule has 0 spiro atoms. The lowest BCUT2D eigenvalue weighted by molar-refractivity contribution is -0.114. The van der Waals surface area contributed by atoms with Crippen molar-refractivity contribution in [3.63, 3.8) is 0 Å². The number of nitrogens with one attached hydrogen (secondary N) is 2. The number of thioether (sulfide) groups is 1. The Morgan fingerprint density at radius 2 is 1.56 bits per heavy atom. The van der Waals surface area contributed by atoms with Crippen LogP contribution in [0, 0.1) is 13.8 Å². The largest absolute Gasteiger partial charge is 0.325 e. The summed E-state index contributed by atoms with van der Waals surface area (Å²) in [5.74, 6) is 0.288. The van der Waals surface area contributed by atoms with E-state index in [9.17, 15) is 9.59 Å². The van der Waals surface area contributed by atoms with Gasteiger partial charge in [0.2, 0.25) is 11.8 Å². The summed E-state index contributed by atoms with van der Waals surface area (Å²) in [5.41, 5.74) is 5.02. The first-order valence-electron chi connectivity index (χ1n) is 8.31. The van der Waals surface area contributed by atoms with Crippen LogP contribution in [0.25, 0.3) is 0 Å². The topological polar surface area (TPSA) is 58.2 Å². The van der Waals surface area contributed by atoms with Crippen molar-refractivity contribution < 1.29 is 9.59 Å². The minimum Gasteiger partial charge on any atom is -0.325 e. The van der Waals surface area contributed by atoms with Gasteiger partial charge in [-0.2, -0.15) is 0 Å². The summed E-state index contributed by atoms with van der Waals surface area (Å²) < 4.78 is 0. The van der Waals surface area contributed by atoms with Crippen molar-refractivity contribution in [2.45, 2.75) is 27.2 Å². The first kappa shape index (κ1) is 19.1. The number of hydrogen-bond acceptors (Lipinski definition) is 3. The monoisotopic (exact) mass is 356 g/mol. The summed E-state index contributed by atoms with van der Waals surface area (Å²) in [6.07, 6.45) is 0.972. The van der Waals surface area contributed by atoms with E-state index in [1.165, 1.54) is 17.3 Å². The van der Waals surface area contributed by atoms with Gasteiger partial charge in [0.25, 0.3) is 0 Å². The molecule has 0 aliphatic carbocycles. The second-order valence-corrected chi connectivity index (χ2v) is 6.94. The smallest absolute Gasteiger partial charge is 0.234 e.